The molecule has 0 spiro atoms. The normalized spacial score (nSPS) is 11.6. The highest BCUT2D eigenvalue weighted by Gasteiger charge is 2.12. The summed E-state index contributed by atoms with van der Waals surface area (Å²) < 4.78 is 10.8. The van der Waals surface area contributed by atoms with Crippen LogP contribution in [0.4, 0.5) is 10.5 Å². The van der Waals surface area contributed by atoms with E-state index in [9.17, 15) is 4.79 Å². The van der Waals surface area contributed by atoms with Gasteiger partial charge in [0.2, 0.25) is 0 Å². The van der Waals surface area contributed by atoms with E-state index in [0.717, 1.165) is 5.56 Å². The number of hydrogen-bond donors (Lipinski definition) is 2. The molecule has 0 saturated carbocycles. The molecule has 1 unspecified atom stereocenters. The van der Waals surface area contributed by atoms with Crippen LogP contribution in [0.3, 0.4) is 0 Å². The fraction of sp³-hybridized carbons (Fsp3) is 0.278. The van der Waals surface area contributed by atoms with Gasteiger partial charge in [-0.3, -0.25) is 0 Å². The van der Waals surface area contributed by atoms with Crippen LogP contribution >= 0.6 is 11.6 Å². The fourth-order valence-electron chi connectivity index (χ4n) is 2.22. The number of nitrogens with one attached hydrogen (secondary N) is 2. The van der Waals surface area contributed by atoms with Crippen molar-refractivity contribution in [3.05, 3.63) is 59.1 Å². The maximum absolute atomic E-state index is 12.0. The first-order valence-corrected chi connectivity index (χ1v) is 8.06. The summed E-state index contributed by atoms with van der Waals surface area (Å²) in [7, 11) is 1.61. The molecule has 5 nitrogen and oxygen atoms in total. The van der Waals surface area contributed by atoms with Gasteiger partial charge in [-0.05, 0) is 30.7 Å². The number of anilines is 1. The SMILES string of the molecule is CCOc1ccc(NC(=O)NCC(OC)c2ccccc2)cc1Cl. The van der Waals surface area contributed by atoms with E-state index in [1.165, 1.54) is 0 Å². The summed E-state index contributed by atoms with van der Waals surface area (Å²) in [5.74, 6) is 0.591. The van der Waals surface area contributed by atoms with E-state index in [4.69, 9.17) is 21.1 Å². The van der Waals surface area contributed by atoms with Crippen LogP contribution in [0.5, 0.6) is 5.75 Å². The highest BCUT2D eigenvalue weighted by atomic mass is 35.5. The van der Waals surface area contributed by atoms with Crippen LogP contribution in [0.1, 0.15) is 18.6 Å². The second-order valence-corrected chi connectivity index (χ2v) is 5.46. The van der Waals surface area contributed by atoms with Crippen LogP contribution in [0.2, 0.25) is 5.02 Å². The van der Waals surface area contributed by atoms with Crippen LogP contribution in [-0.4, -0.2) is 26.3 Å². The molecule has 0 saturated heterocycles. The summed E-state index contributed by atoms with van der Waals surface area (Å²) in [6.07, 6.45) is -0.208. The summed E-state index contributed by atoms with van der Waals surface area (Å²) in [6, 6.07) is 14.5. The molecule has 0 aliphatic rings. The Morgan fingerprint density at radius 3 is 2.58 bits per heavy atom. The van der Waals surface area contributed by atoms with Gasteiger partial charge in [0.1, 0.15) is 5.75 Å². The highest BCUT2D eigenvalue weighted by Crippen LogP contribution is 2.27. The van der Waals surface area contributed by atoms with E-state index in [1.54, 1.807) is 25.3 Å². The van der Waals surface area contributed by atoms with Gasteiger partial charge in [-0.1, -0.05) is 41.9 Å². The number of carbonyl (C=O) groups is 1. The lowest BCUT2D eigenvalue weighted by Gasteiger charge is -2.17. The summed E-state index contributed by atoms with van der Waals surface area (Å²) in [4.78, 5) is 12.0. The second kappa shape index (κ2) is 9.15. The van der Waals surface area contributed by atoms with Gasteiger partial charge >= 0.3 is 6.03 Å². The van der Waals surface area contributed by atoms with Crippen LogP contribution in [0.15, 0.2) is 48.5 Å². The minimum absolute atomic E-state index is 0.208. The largest absolute Gasteiger partial charge is 0.492 e. The number of halogens is 1. The Balaban J connectivity index is 1.90. The number of urea groups is 1. The van der Waals surface area contributed by atoms with E-state index in [1.807, 2.05) is 37.3 Å². The van der Waals surface area contributed by atoms with Crippen molar-refractivity contribution in [2.45, 2.75) is 13.0 Å². The molecular formula is C18H21ClN2O3. The van der Waals surface area contributed by atoms with Gasteiger partial charge < -0.3 is 20.1 Å². The van der Waals surface area contributed by atoms with Crippen LogP contribution in [0, 0.1) is 0 Å². The highest BCUT2D eigenvalue weighted by molar-refractivity contribution is 6.32. The Labute approximate surface area is 146 Å². The van der Waals surface area contributed by atoms with Gasteiger partial charge in [-0.25, -0.2) is 4.79 Å². The molecule has 0 fully saturated rings. The summed E-state index contributed by atoms with van der Waals surface area (Å²) in [6.45, 7) is 2.77. The van der Waals surface area contributed by atoms with E-state index in [2.05, 4.69) is 10.6 Å². The summed E-state index contributed by atoms with van der Waals surface area (Å²) in [5, 5.41) is 5.98. The second-order valence-electron chi connectivity index (χ2n) is 5.05. The molecule has 0 radical (unpaired) electrons. The first-order chi connectivity index (χ1) is 11.6. The van der Waals surface area contributed by atoms with Crippen molar-refractivity contribution in [1.82, 2.24) is 5.32 Å². The smallest absolute Gasteiger partial charge is 0.319 e. The molecule has 1 atom stereocenters. The standard InChI is InChI=1S/C18H21ClN2O3/c1-3-24-16-10-9-14(11-15(16)19)21-18(22)20-12-17(23-2)13-7-5-4-6-8-13/h4-11,17H,3,12H2,1-2H3,(H2,20,21,22). The average molecular weight is 349 g/mol. The van der Waals surface area contributed by atoms with Crippen molar-refractivity contribution in [3.8, 4) is 5.75 Å². The number of benzene rings is 2. The number of amides is 2. The number of ether oxygens (including phenoxy) is 2. The predicted octanol–water partition coefficient (Wildman–Crippen LogP) is 4.25. The van der Waals surface area contributed by atoms with E-state index in [-0.39, 0.29) is 12.1 Å². The van der Waals surface area contributed by atoms with Crippen molar-refractivity contribution in [2.75, 3.05) is 25.6 Å². The van der Waals surface area contributed by atoms with E-state index < -0.39 is 0 Å². The quantitative estimate of drug-likeness (QED) is 0.786. The molecule has 6 heteroatoms. The number of methoxy groups -OCH3 is 1. The maximum atomic E-state index is 12.0. The molecule has 128 valence electrons. The van der Waals surface area contributed by atoms with Gasteiger partial charge in [0.15, 0.2) is 0 Å². The molecule has 2 aromatic rings. The third-order valence-corrected chi connectivity index (χ3v) is 3.69. The molecule has 2 N–H and O–H groups in total. The van der Waals surface area contributed by atoms with Gasteiger partial charge in [-0.15, -0.1) is 0 Å². The number of hydrogen-bond acceptors (Lipinski definition) is 3. The monoisotopic (exact) mass is 348 g/mol. The summed E-state index contributed by atoms with van der Waals surface area (Å²) in [5.41, 5.74) is 1.60. The maximum Gasteiger partial charge on any atom is 0.319 e. The van der Waals surface area contributed by atoms with Crippen molar-refractivity contribution in [2.24, 2.45) is 0 Å². The molecule has 2 amide bonds. The zero-order chi connectivity index (χ0) is 17.4. The molecule has 2 rings (SSSR count). The Bertz CT molecular complexity index is 665. The summed E-state index contributed by atoms with van der Waals surface area (Å²) >= 11 is 6.10. The molecule has 0 aliphatic heterocycles. The Morgan fingerprint density at radius 1 is 1.21 bits per heavy atom. The Hall–Kier alpha value is -2.24. The Kier molecular flexibility index (Phi) is 6.90. The molecule has 0 bridgehead atoms. The van der Waals surface area contributed by atoms with Crippen LogP contribution < -0.4 is 15.4 Å². The Morgan fingerprint density at radius 2 is 1.96 bits per heavy atom. The molecule has 2 aromatic carbocycles. The molecule has 0 aliphatic carbocycles. The lowest BCUT2D eigenvalue weighted by molar-refractivity contribution is 0.104. The molecule has 0 heterocycles. The third kappa shape index (κ3) is 5.15. The minimum Gasteiger partial charge on any atom is -0.492 e. The lowest BCUT2D eigenvalue weighted by atomic mass is 10.1. The van der Waals surface area contributed by atoms with Crippen molar-refractivity contribution >= 4 is 23.3 Å². The molecule has 24 heavy (non-hydrogen) atoms. The van der Waals surface area contributed by atoms with E-state index in [0.29, 0.717) is 29.6 Å². The van der Waals surface area contributed by atoms with Gasteiger partial charge in [0.05, 0.1) is 17.7 Å². The number of carbonyl (C=O) groups excluding carboxylic acids is 1. The average Bonchev–Trinajstić information content (AvgIpc) is 2.59. The topological polar surface area (TPSA) is 59.6 Å². The fourth-order valence-corrected chi connectivity index (χ4v) is 2.45. The van der Waals surface area contributed by atoms with Crippen molar-refractivity contribution in [3.63, 3.8) is 0 Å². The van der Waals surface area contributed by atoms with E-state index >= 15 is 0 Å². The van der Waals surface area contributed by atoms with Crippen molar-refractivity contribution < 1.29 is 14.3 Å². The third-order valence-electron chi connectivity index (χ3n) is 3.39. The van der Waals surface area contributed by atoms with Gasteiger partial charge in [-0.2, -0.15) is 0 Å². The first kappa shape index (κ1) is 18.1. The molecular weight excluding hydrogens is 328 g/mol. The van der Waals surface area contributed by atoms with Gasteiger partial charge in [0.25, 0.3) is 0 Å². The zero-order valence-corrected chi connectivity index (χ0v) is 14.5. The number of rotatable bonds is 7. The van der Waals surface area contributed by atoms with Gasteiger partial charge in [0, 0.05) is 19.3 Å². The lowest BCUT2D eigenvalue weighted by Crippen LogP contribution is -2.32. The minimum atomic E-state index is -0.326. The van der Waals surface area contributed by atoms with Crippen LogP contribution in [-0.2, 0) is 4.74 Å². The van der Waals surface area contributed by atoms with Crippen molar-refractivity contribution in [1.29, 1.82) is 0 Å². The molecule has 0 aromatic heterocycles. The predicted molar refractivity (Wildman–Crippen MR) is 95.8 cm³/mol. The first-order valence-electron chi connectivity index (χ1n) is 7.69. The zero-order valence-electron chi connectivity index (χ0n) is 13.7. The van der Waals surface area contributed by atoms with Crippen LogP contribution in [0.25, 0.3) is 0 Å².